The molecule has 0 saturated carbocycles. The number of nitrogens with zero attached hydrogens (tertiary/aromatic N) is 4. The minimum Gasteiger partial charge on any atom is -0.307 e. The van der Waals surface area contributed by atoms with E-state index in [1.54, 1.807) is 58.3 Å². The average molecular weight is 955 g/mol. The van der Waals surface area contributed by atoms with Crippen molar-refractivity contribution in [2.75, 3.05) is 9.80 Å². The van der Waals surface area contributed by atoms with Crippen molar-refractivity contribution in [3.8, 4) is 28.3 Å². The van der Waals surface area contributed by atoms with E-state index in [4.69, 9.17) is 6.57 Å². The van der Waals surface area contributed by atoms with Crippen LogP contribution in [0.5, 0.6) is 0 Å². The number of halogens is 4. The number of benzene rings is 10. The lowest BCUT2D eigenvalue weighted by atomic mass is 9.91. The Morgan fingerprint density at radius 3 is 1.20 bits per heavy atom. The highest BCUT2D eigenvalue weighted by atomic mass is 28.3. The summed E-state index contributed by atoms with van der Waals surface area (Å²) in [5.41, 5.74) is 4.28. The lowest BCUT2D eigenvalue weighted by Crippen LogP contribution is -2.37. The van der Waals surface area contributed by atoms with Crippen molar-refractivity contribution < 1.29 is 17.6 Å². The maximum Gasteiger partial charge on any atom is 0.187 e. The Morgan fingerprint density at radius 2 is 0.829 bits per heavy atom. The van der Waals surface area contributed by atoms with Crippen LogP contribution >= 0.6 is 0 Å². The van der Waals surface area contributed by atoms with E-state index >= 15 is 17.6 Å². The van der Waals surface area contributed by atoms with Crippen molar-refractivity contribution in [1.29, 1.82) is 5.26 Å². The molecule has 0 aliphatic rings. The normalized spacial score (nSPS) is 11.8. The van der Waals surface area contributed by atoms with Gasteiger partial charge in [0.25, 0.3) is 0 Å². The third-order valence-electron chi connectivity index (χ3n) is 13.3. The molecular formula is C60H46F4N4Si2. The second-order valence-electron chi connectivity index (χ2n) is 19.8. The molecule has 0 saturated heterocycles. The van der Waals surface area contributed by atoms with Crippen molar-refractivity contribution in [2.24, 2.45) is 0 Å². The second kappa shape index (κ2) is 17.5. The van der Waals surface area contributed by atoms with Gasteiger partial charge in [-0.2, -0.15) is 5.26 Å². The summed E-state index contributed by atoms with van der Waals surface area (Å²) in [6.45, 7) is 21.0. The maximum atomic E-state index is 17.0. The molecule has 0 bridgehead atoms. The Kier molecular flexibility index (Phi) is 11.4. The van der Waals surface area contributed by atoms with Crippen molar-refractivity contribution >= 4 is 98.7 Å². The van der Waals surface area contributed by atoms with Gasteiger partial charge in [0.05, 0.1) is 57.1 Å². The molecule has 0 atom stereocenters. The Bertz CT molecular complexity index is 3490. The minimum atomic E-state index is -1.64. The van der Waals surface area contributed by atoms with Crippen molar-refractivity contribution in [3.63, 3.8) is 0 Å². The molecule has 0 N–H and O–H groups in total. The Morgan fingerprint density at radius 1 is 0.443 bits per heavy atom. The van der Waals surface area contributed by atoms with Crippen molar-refractivity contribution in [1.82, 2.24) is 0 Å². The molecule has 0 radical (unpaired) electrons. The Labute approximate surface area is 407 Å². The zero-order valence-corrected chi connectivity index (χ0v) is 41.5. The number of anilines is 6. The van der Waals surface area contributed by atoms with Crippen LogP contribution < -0.4 is 20.2 Å². The standard InChI is InChI=1S/C60H46F4N4Si2/c1-66-42-18-22-44(23-19-42)68(58-35-52(62)50(33-54(58)64)39-12-26-46(27-13-39)70(5,6)7)56-31-17-41-14-28-47-55(30-16-40-15-29-48(56)60(41)59(40)47)67(43-20-8-37(36-65)9-21-43)57-34-51(61)49(32-53(57)63)38-10-24-45(25-11-38)69(2,3)4/h8-35H,2-7H3. The van der Waals surface area contributed by atoms with Gasteiger partial charge in [0.1, 0.15) is 23.3 Å². The molecule has 0 unspecified atom stereocenters. The fourth-order valence-corrected chi connectivity index (χ4v) is 11.8. The first kappa shape index (κ1) is 45.7. The number of hydrogen-bond donors (Lipinski definition) is 0. The van der Waals surface area contributed by atoms with E-state index in [1.165, 1.54) is 34.6 Å². The molecule has 0 amide bonds. The minimum absolute atomic E-state index is 0.0220. The maximum absolute atomic E-state index is 17.0. The number of hydrogen-bond acceptors (Lipinski definition) is 3. The van der Waals surface area contributed by atoms with Crippen LogP contribution in [-0.2, 0) is 0 Å². The van der Waals surface area contributed by atoms with E-state index < -0.39 is 39.4 Å². The van der Waals surface area contributed by atoms with Crippen LogP contribution in [0.3, 0.4) is 0 Å². The monoisotopic (exact) mass is 954 g/mol. The molecule has 4 nitrogen and oxygen atoms in total. The summed E-state index contributed by atoms with van der Waals surface area (Å²) in [6, 6.07) is 51.4. The summed E-state index contributed by atoms with van der Waals surface area (Å²) in [6.07, 6.45) is 0. The SMILES string of the molecule is [C-]#[N+]c1ccc(N(c2cc(F)c(-c3ccc([Si](C)(C)C)cc3)cc2F)c2ccc3ccc4c(N(c5ccc(C#N)cc5)c5cc(F)c(-c6ccc([Si](C)(C)C)cc6)cc5F)ccc5ccc2c3c54)cc1. The van der Waals surface area contributed by atoms with E-state index in [9.17, 15) is 5.26 Å². The largest absolute Gasteiger partial charge is 0.307 e. The van der Waals surface area contributed by atoms with Gasteiger partial charge in [0.2, 0.25) is 0 Å². The van der Waals surface area contributed by atoms with Crippen LogP contribution in [0.4, 0.5) is 57.4 Å². The first-order chi connectivity index (χ1) is 33.5. The van der Waals surface area contributed by atoms with E-state index in [1.807, 2.05) is 97.1 Å². The van der Waals surface area contributed by atoms with E-state index in [0.29, 0.717) is 45.1 Å². The lowest BCUT2D eigenvalue weighted by molar-refractivity contribution is 0.604. The Hall–Kier alpha value is -8.03. The van der Waals surface area contributed by atoms with Gasteiger partial charge in [0.15, 0.2) is 5.69 Å². The zero-order valence-electron chi connectivity index (χ0n) is 39.5. The van der Waals surface area contributed by atoms with Crippen molar-refractivity contribution in [3.05, 3.63) is 210 Å². The van der Waals surface area contributed by atoms with Crippen LogP contribution in [0.25, 0.3) is 59.4 Å². The molecular weight excluding hydrogens is 909 g/mol. The van der Waals surface area contributed by atoms with Gasteiger partial charge in [-0.15, -0.1) is 0 Å². The summed E-state index contributed by atoms with van der Waals surface area (Å²) in [5.74, 6) is -2.48. The fourth-order valence-electron chi connectivity index (χ4n) is 9.49. The first-order valence-electron chi connectivity index (χ1n) is 23.0. The molecule has 10 aromatic rings. The number of nitriles is 1. The highest BCUT2D eigenvalue weighted by Gasteiger charge is 2.27. The van der Waals surface area contributed by atoms with E-state index in [2.05, 4.69) is 50.2 Å². The third-order valence-corrected chi connectivity index (χ3v) is 17.4. The predicted octanol–water partition coefficient (Wildman–Crippen LogP) is 16.9. The lowest BCUT2D eigenvalue weighted by Gasteiger charge is -2.30. The van der Waals surface area contributed by atoms with Crippen molar-refractivity contribution in [2.45, 2.75) is 39.3 Å². The van der Waals surface area contributed by atoms with Gasteiger partial charge in [-0.25, -0.2) is 22.4 Å². The molecule has 0 aromatic heterocycles. The average Bonchev–Trinajstić information content (AvgIpc) is 3.35. The second-order valence-corrected chi connectivity index (χ2v) is 29.9. The van der Waals surface area contributed by atoms with Crippen LogP contribution in [0.2, 0.25) is 39.3 Å². The fraction of sp³-hybridized carbons (Fsp3) is 0.100. The van der Waals surface area contributed by atoms with E-state index in [0.717, 1.165) is 32.3 Å². The van der Waals surface area contributed by atoms with Gasteiger partial charge >= 0.3 is 0 Å². The summed E-state index contributed by atoms with van der Waals surface area (Å²) < 4.78 is 67.1. The summed E-state index contributed by atoms with van der Waals surface area (Å²) in [5, 5.41) is 16.9. The summed E-state index contributed by atoms with van der Waals surface area (Å²) >= 11 is 0. The summed E-state index contributed by atoms with van der Waals surface area (Å²) in [4.78, 5) is 6.93. The zero-order chi connectivity index (χ0) is 49.2. The van der Waals surface area contributed by atoms with E-state index in [-0.39, 0.29) is 22.5 Å². The molecule has 0 heterocycles. The highest BCUT2D eigenvalue weighted by molar-refractivity contribution is 6.89. The van der Waals surface area contributed by atoms with Gasteiger partial charge < -0.3 is 9.80 Å². The molecule has 0 spiro atoms. The quantitative estimate of drug-likeness (QED) is 0.0593. The Balaban J connectivity index is 1.16. The molecule has 0 aliphatic carbocycles. The molecule has 70 heavy (non-hydrogen) atoms. The summed E-state index contributed by atoms with van der Waals surface area (Å²) in [7, 11) is -3.27. The van der Waals surface area contributed by atoms with Crippen LogP contribution in [0.1, 0.15) is 5.56 Å². The predicted molar refractivity (Wildman–Crippen MR) is 287 cm³/mol. The smallest absolute Gasteiger partial charge is 0.187 e. The molecule has 10 aromatic carbocycles. The first-order valence-corrected chi connectivity index (χ1v) is 30.0. The molecule has 10 rings (SSSR count). The van der Waals surface area contributed by atoms with Crippen LogP contribution in [0, 0.1) is 41.2 Å². The topological polar surface area (TPSA) is 34.6 Å². The van der Waals surface area contributed by atoms with Gasteiger partial charge in [0, 0.05) is 45.4 Å². The van der Waals surface area contributed by atoms with Crippen LogP contribution in [-0.4, -0.2) is 16.1 Å². The molecule has 0 fully saturated rings. The molecule has 342 valence electrons. The molecule has 10 heteroatoms. The molecule has 0 aliphatic heterocycles. The van der Waals surface area contributed by atoms with Crippen LogP contribution in [0.15, 0.2) is 170 Å². The third kappa shape index (κ3) is 8.15. The highest BCUT2D eigenvalue weighted by Crippen LogP contribution is 2.49. The number of rotatable bonds is 10. The van der Waals surface area contributed by atoms with Gasteiger partial charge in [-0.05, 0) is 93.3 Å². The van der Waals surface area contributed by atoms with Gasteiger partial charge in [-0.1, -0.05) is 147 Å². The van der Waals surface area contributed by atoms with Gasteiger partial charge in [-0.3, -0.25) is 0 Å².